The van der Waals surface area contributed by atoms with Gasteiger partial charge in [-0.05, 0) is 49.3 Å². The number of nitrogens with zero attached hydrogens (tertiary/aromatic N) is 1. The first-order valence-corrected chi connectivity index (χ1v) is 8.87. The van der Waals surface area contributed by atoms with Crippen molar-refractivity contribution in [2.45, 2.75) is 26.7 Å². The Morgan fingerprint density at radius 3 is 2.40 bits per heavy atom. The molecular weight excluding hydrogens is 316 g/mol. The van der Waals surface area contributed by atoms with Crippen molar-refractivity contribution in [3.63, 3.8) is 0 Å². The molecule has 2 bridgehead atoms. The highest BCUT2D eigenvalue weighted by Gasteiger charge is 2.58. The smallest absolute Gasteiger partial charge is 0.233 e. The molecule has 0 unspecified atom stereocenters. The third-order valence-electron chi connectivity index (χ3n) is 6.00. The summed E-state index contributed by atoms with van der Waals surface area (Å²) in [6, 6.07) is 5.75. The molecule has 0 spiro atoms. The minimum atomic E-state index is -0.190. The Hall–Kier alpha value is -2.43. The number of hydrogen-bond acceptors (Lipinski definition) is 3. The highest BCUT2D eigenvalue weighted by atomic mass is 16.2. The van der Waals surface area contributed by atoms with E-state index < -0.39 is 0 Å². The van der Waals surface area contributed by atoms with E-state index in [9.17, 15) is 14.4 Å². The fraction of sp³-hybridized carbons (Fsp3) is 0.450. The number of carbonyl (C=O) groups is 3. The quantitative estimate of drug-likeness (QED) is 0.677. The summed E-state index contributed by atoms with van der Waals surface area (Å²) in [5.74, 6) is -0.320. The molecule has 5 heteroatoms. The van der Waals surface area contributed by atoms with Gasteiger partial charge in [-0.15, -0.1) is 0 Å². The van der Waals surface area contributed by atoms with Crippen LogP contribution in [0.4, 0.5) is 5.69 Å². The second-order valence-corrected chi connectivity index (χ2v) is 7.37. The van der Waals surface area contributed by atoms with Gasteiger partial charge in [0.1, 0.15) is 0 Å². The van der Waals surface area contributed by atoms with Crippen LogP contribution in [0.3, 0.4) is 0 Å². The lowest BCUT2D eigenvalue weighted by atomic mass is 9.85. The lowest BCUT2D eigenvalue weighted by Gasteiger charge is -2.17. The van der Waals surface area contributed by atoms with Crippen molar-refractivity contribution in [2.75, 3.05) is 11.9 Å². The van der Waals surface area contributed by atoms with Gasteiger partial charge in [-0.2, -0.15) is 0 Å². The van der Waals surface area contributed by atoms with Crippen LogP contribution in [-0.4, -0.2) is 29.2 Å². The number of imide groups is 1. The zero-order valence-electron chi connectivity index (χ0n) is 14.5. The van der Waals surface area contributed by atoms with Crippen molar-refractivity contribution in [1.29, 1.82) is 0 Å². The molecule has 1 aromatic carbocycles. The normalized spacial score (nSPS) is 29.4. The largest absolute Gasteiger partial charge is 0.326 e. The van der Waals surface area contributed by atoms with Crippen LogP contribution in [0.25, 0.3) is 0 Å². The molecule has 2 fully saturated rings. The number of carbonyl (C=O) groups excluding carboxylic acids is 3. The molecule has 4 rings (SSSR count). The van der Waals surface area contributed by atoms with Gasteiger partial charge >= 0.3 is 0 Å². The molecular formula is C20H22N2O3. The second kappa shape index (κ2) is 5.83. The molecule has 0 aromatic heterocycles. The van der Waals surface area contributed by atoms with E-state index in [4.69, 9.17) is 0 Å². The molecule has 3 aliphatic rings. The number of amides is 3. The lowest BCUT2D eigenvalue weighted by Crippen LogP contribution is -2.35. The van der Waals surface area contributed by atoms with E-state index in [1.54, 1.807) is 0 Å². The molecule has 1 heterocycles. The van der Waals surface area contributed by atoms with E-state index in [0.29, 0.717) is 0 Å². The Morgan fingerprint density at radius 2 is 1.76 bits per heavy atom. The minimum absolute atomic E-state index is 0.0913. The molecule has 130 valence electrons. The number of likely N-dealkylation sites (tertiary alicyclic amines) is 1. The summed E-state index contributed by atoms with van der Waals surface area (Å²) in [5.41, 5.74) is 2.92. The minimum Gasteiger partial charge on any atom is -0.326 e. The Balaban J connectivity index is 1.39. The first-order valence-electron chi connectivity index (χ1n) is 8.87. The number of nitrogens with one attached hydrogen (secondary N) is 1. The zero-order valence-corrected chi connectivity index (χ0v) is 14.5. The van der Waals surface area contributed by atoms with Crippen molar-refractivity contribution in [2.24, 2.45) is 23.7 Å². The van der Waals surface area contributed by atoms with Crippen LogP contribution in [0.5, 0.6) is 0 Å². The van der Waals surface area contributed by atoms with Crippen molar-refractivity contribution in [3.05, 3.63) is 41.5 Å². The van der Waals surface area contributed by atoms with Gasteiger partial charge in [-0.3, -0.25) is 19.3 Å². The van der Waals surface area contributed by atoms with Gasteiger partial charge in [-0.25, -0.2) is 0 Å². The Morgan fingerprint density at radius 1 is 1.12 bits per heavy atom. The predicted molar refractivity (Wildman–Crippen MR) is 93.6 cm³/mol. The van der Waals surface area contributed by atoms with Crippen LogP contribution in [0.1, 0.15) is 24.0 Å². The van der Waals surface area contributed by atoms with E-state index >= 15 is 0 Å². The molecule has 25 heavy (non-hydrogen) atoms. The van der Waals surface area contributed by atoms with E-state index in [-0.39, 0.29) is 54.4 Å². The van der Waals surface area contributed by atoms with Gasteiger partial charge in [0.05, 0.1) is 11.8 Å². The Kier molecular flexibility index (Phi) is 3.74. The SMILES string of the molecule is Cc1cccc(NC(=O)CCN2C(=O)[C@@H]3[C@@H](C2=O)[C@@H]2C=C[C@@H]3C2)c1C. The molecule has 3 amide bonds. The number of aryl methyl sites for hydroxylation is 1. The maximum atomic E-state index is 12.6. The van der Waals surface area contributed by atoms with Gasteiger partial charge in [0.25, 0.3) is 0 Å². The monoisotopic (exact) mass is 338 g/mol. The summed E-state index contributed by atoms with van der Waals surface area (Å²) >= 11 is 0. The van der Waals surface area contributed by atoms with E-state index in [0.717, 1.165) is 23.2 Å². The number of hydrogen-bond donors (Lipinski definition) is 1. The highest BCUT2D eigenvalue weighted by Crippen LogP contribution is 2.52. The first kappa shape index (κ1) is 16.1. The first-order chi connectivity index (χ1) is 12.0. The van der Waals surface area contributed by atoms with Crippen LogP contribution in [0, 0.1) is 37.5 Å². The van der Waals surface area contributed by atoms with Crippen molar-refractivity contribution < 1.29 is 14.4 Å². The van der Waals surface area contributed by atoms with Crippen LogP contribution in [0.2, 0.25) is 0 Å². The summed E-state index contributed by atoms with van der Waals surface area (Å²) in [5, 5.41) is 2.88. The lowest BCUT2D eigenvalue weighted by molar-refractivity contribution is -0.140. The third kappa shape index (κ3) is 2.49. The topological polar surface area (TPSA) is 66.5 Å². The number of benzene rings is 1. The molecule has 0 radical (unpaired) electrons. The summed E-state index contributed by atoms with van der Waals surface area (Å²) in [4.78, 5) is 38.8. The maximum Gasteiger partial charge on any atom is 0.233 e. The van der Waals surface area contributed by atoms with Gasteiger partial charge in [-0.1, -0.05) is 24.3 Å². The number of allylic oxidation sites excluding steroid dienone is 2. The van der Waals surface area contributed by atoms with E-state index in [2.05, 4.69) is 17.5 Å². The molecule has 2 aliphatic carbocycles. The van der Waals surface area contributed by atoms with E-state index in [1.807, 2.05) is 32.0 Å². The maximum absolute atomic E-state index is 12.6. The second-order valence-electron chi connectivity index (χ2n) is 7.37. The fourth-order valence-corrected chi connectivity index (χ4v) is 4.50. The van der Waals surface area contributed by atoms with Crippen LogP contribution in [-0.2, 0) is 14.4 Å². The van der Waals surface area contributed by atoms with Gasteiger partial charge in [0.2, 0.25) is 17.7 Å². The van der Waals surface area contributed by atoms with Gasteiger partial charge in [0, 0.05) is 18.7 Å². The summed E-state index contributed by atoms with van der Waals surface area (Å²) in [7, 11) is 0. The average Bonchev–Trinajstić information content (AvgIpc) is 3.25. The van der Waals surface area contributed by atoms with Crippen molar-refractivity contribution in [3.8, 4) is 0 Å². The molecule has 1 N–H and O–H groups in total. The number of rotatable bonds is 4. The predicted octanol–water partition coefficient (Wildman–Crippen LogP) is 2.44. The molecule has 5 nitrogen and oxygen atoms in total. The van der Waals surface area contributed by atoms with E-state index in [1.165, 1.54) is 4.90 Å². The number of anilines is 1. The molecule has 1 saturated heterocycles. The average molecular weight is 338 g/mol. The summed E-state index contributed by atoms with van der Waals surface area (Å²) < 4.78 is 0. The van der Waals surface area contributed by atoms with Crippen molar-refractivity contribution >= 4 is 23.4 Å². The third-order valence-corrected chi connectivity index (χ3v) is 6.00. The van der Waals surface area contributed by atoms with Crippen LogP contribution in [0.15, 0.2) is 30.4 Å². The van der Waals surface area contributed by atoms with Gasteiger partial charge < -0.3 is 5.32 Å². The molecule has 1 saturated carbocycles. The zero-order chi connectivity index (χ0) is 17.7. The Labute approximate surface area is 147 Å². The molecule has 1 aliphatic heterocycles. The summed E-state index contributed by atoms with van der Waals surface area (Å²) in [6.45, 7) is 4.12. The molecule has 1 aromatic rings. The standard InChI is InChI=1S/C20H22N2O3/c1-11-4-3-5-15(12(11)2)21-16(23)8-9-22-19(24)17-13-6-7-14(10-13)18(17)20(22)25/h3-7,13-14,17-18H,8-10H2,1-2H3,(H,21,23)/t13-,14-,17+,18+/m1/s1. The van der Waals surface area contributed by atoms with Gasteiger partial charge in [0.15, 0.2) is 0 Å². The summed E-state index contributed by atoms with van der Waals surface area (Å²) in [6.07, 6.45) is 5.21. The fourth-order valence-electron chi connectivity index (χ4n) is 4.50. The molecule has 4 atom stereocenters. The highest BCUT2D eigenvalue weighted by molar-refractivity contribution is 6.06. The van der Waals surface area contributed by atoms with Crippen LogP contribution >= 0.6 is 0 Å². The van der Waals surface area contributed by atoms with Crippen molar-refractivity contribution in [1.82, 2.24) is 4.90 Å². The van der Waals surface area contributed by atoms with Crippen LogP contribution < -0.4 is 5.32 Å². The number of fused-ring (bicyclic) bond motifs is 5. The Bertz CT molecular complexity index is 768.